The second-order valence-electron chi connectivity index (χ2n) is 7.14. The van der Waals surface area contributed by atoms with Gasteiger partial charge in [0.2, 0.25) is 0 Å². The maximum absolute atomic E-state index is 13.2. The Morgan fingerprint density at radius 1 is 1.31 bits per heavy atom. The average Bonchev–Trinajstić information content (AvgIpc) is 3.28. The van der Waals surface area contributed by atoms with Gasteiger partial charge in [-0.15, -0.1) is 0 Å². The maximum Gasteiger partial charge on any atom is 0.310 e. The first kappa shape index (κ1) is 19.6. The van der Waals surface area contributed by atoms with Crippen molar-refractivity contribution in [1.29, 1.82) is 0 Å². The lowest BCUT2D eigenvalue weighted by atomic mass is 9.98. The fourth-order valence-corrected chi connectivity index (χ4v) is 4.74. The van der Waals surface area contributed by atoms with Crippen molar-refractivity contribution >= 4 is 28.2 Å². The highest BCUT2D eigenvalue weighted by Crippen LogP contribution is 2.29. The van der Waals surface area contributed by atoms with Gasteiger partial charge in [-0.25, -0.2) is 9.37 Å². The first-order valence-electron chi connectivity index (χ1n) is 9.68. The van der Waals surface area contributed by atoms with Crippen LogP contribution in [0, 0.1) is 18.7 Å². The third-order valence-corrected chi connectivity index (χ3v) is 6.36. The Morgan fingerprint density at radius 2 is 2.07 bits per heavy atom. The SMILES string of the molecule is CCOC(=O)[C@H]1CCCN(C(=O)c2sc3nc(-c4ccc(F)cc4)cn3c2C)C1. The Balaban J connectivity index is 1.56. The van der Waals surface area contributed by atoms with Crippen molar-refractivity contribution in [2.75, 3.05) is 19.7 Å². The molecular weight excluding hydrogens is 393 g/mol. The second-order valence-corrected chi connectivity index (χ2v) is 8.12. The molecular formula is C21H22FN3O3S. The van der Waals surface area contributed by atoms with Crippen LogP contribution in [0.4, 0.5) is 4.39 Å². The minimum atomic E-state index is -0.290. The monoisotopic (exact) mass is 415 g/mol. The number of ether oxygens (including phenoxy) is 1. The Hall–Kier alpha value is -2.74. The zero-order valence-corrected chi connectivity index (χ0v) is 17.2. The molecule has 1 aliphatic heterocycles. The van der Waals surface area contributed by atoms with E-state index in [2.05, 4.69) is 4.98 Å². The zero-order chi connectivity index (χ0) is 20.5. The van der Waals surface area contributed by atoms with Gasteiger partial charge in [0.1, 0.15) is 10.7 Å². The minimum Gasteiger partial charge on any atom is -0.466 e. The lowest BCUT2D eigenvalue weighted by Crippen LogP contribution is -2.42. The van der Waals surface area contributed by atoms with E-state index >= 15 is 0 Å². The summed E-state index contributed by atoms with van der Waals surface area (Å²) < 4.78 is 20.2. The van der Waals surface area contributed by atoms with Gasteiger partial charge in [-0.2, -0.15) is 0 Å². The number of imidazole rings is 1. The number of benzene rings is 1. The molecule has 1 aromatic carbocycles. The quantitative estimate of drug-likeness (QED) is 0.606. The molecule has 0 aliphatic carbocycles. The molecule has 6 nitrogen and oxygen atoms in total. The minimum absolute atomic E-state index is 0.0738. The van der Waals surface area contributed by atoms with Crippen molar-refractivity contribution in [1.82, 2.24) is 14.3 Å². The van der Waals surface area contributed by atoms with Crippen LogP contribution in [-0.4, -0.2) is 45.9 Å². The molecule has 0 saturated carbocycles. The van der Waals surface area contributed by atoms with Gasteiger partial charge in [0.25, 0.3) is 5.91 Å². The fourth-order valence-electron chi connectivity index (χ4n) is 3.67. The number of rotatable bonds is 4. The van der Waals surface area contributed by atoms with E-state index in [1.807, 2.05) is 17.5 Å². The van der Waals surface area contributed by atoms with Gasteiger partial charge < -0.3 is 9.64 Å². The van der Waals surface area contributed by atoms with Crippen molar-refractivity contribution in [3.05, 3.63) is 46.9 Å². The summed E-state index contributed by atoms with van der Waals surface area (Å²) in [5.41, 5.74) is 2.37. The number of piperidine rings is 1. The van der Waals surface area contributed by atoms with Crippen LogP contribution in [0.15, 0.2) is 30.5 Å². The lowest BCUT2D eigenvalue weighted by molar-refractivity contribution is -0.149. The third kappa shape index (κ3) is 3.76. The van der Waals surface area contributed by atoms with E-state index in [0.717, 1.165) is 29.8 Å². The molecule has 152 valence electrons. The van der Waals surface area contributed by atoms with Crippen molar-refractivity contribution in [2.24, 2.45) is 5.92 Å². The van der Waals surface area contributed by atoms with Gasteiger partial charge in [-0.3, -0.25) is 14.0 Å². The van der Waals surface area contributed by atoms with Crippen LogP contribution >= 0.6 is 11.3 Å². The summed E-state index contributed by atoms with van der Waals surface area (Å²) in [4.78, 5) is 32.9. The number of nitrogens with zero attached hydrogens (tertiary/aromatic N) is 3. The second kappa shape index (κ2) is 7.94. The van der Waals surface area contributed by atoms with Crippen LogP contribution in [0.25, 0.3) is 16.2 Å². The number of hydrogen-bond acceptors (Lipinski definition) is 5. The molecule has 29 heavy (non-hydrogen) atoms. The Bertz CT molecular complexity index is 1060. The molecule has 1 atom stereocenters. The van der Waals surface area contributed by atoms with Crippen LogP contribution in [0.3, 0.4) is 0 Å². The standard InChI is InChI=1S/C21H22FN3O3S/c1-3-28-20(27)15-5-4-10-24(11-15)19(26)18-13(2)25-12-17(23-21(25)29-18)14-6-8-16(22)9-7-14/h6-9,12,15H,3-5,10-11H2,1-2H3/t15-/m0/s1. The van der Waals surface area contributed by atoms with E-state index in [9.17, 15) is 14.0 Å². The summed E-state index contributed by atoms with van der Waals surface area (Å²) in [6.07, 6.45) is 3.39. The number of hydrogen-bond donors (Lipinski definition) is 0. The number of esters is 1. The van der Waals surface area contributed by atoms with Crippen LogP contribution < -0.4 is 0 Å². The number of aryl methyl sites for hydroxylation is 1. The lowest BCUT2D eigenvalue weighted by Gasteiger charge is -2.31. The van der Waals surface area contributed by atoms with E-state index in [0.29, 0.717) is 29.5 Å². The van der Waals surface area contributed by atoms with E-state index in [1.165, 1.54) is 23.5 Å². The van der Waals surface area contributed by atoms with Crippen molar-refractivity contribution in [2.45, 2.75) is 26.7 Å². The topological polar surface area (TPSA) is 63.9 Å². The summed E-state index contributed by atoms with van der Waals surface area (Å²) >= 11 is 1.33. The Morgan fingerprint density at radius 3 is 2.76 bits per heavy atom. The predicted molar refractivity (Wildman–Crippen MR) is 108 cm³/mol. The molecule has 1 aliphatic rings. The number of halogens is 1. The summed E-state index contributed by atoms with van der Waals surface area (Å²) in [5.74, 6) is -0.856. The number of thiazole rings is 1. The van der Waals surface area contributed by atoms with Crippen LogP contribution in [-0.2, 0) is 9.53 Å². The summed E-state index contributed by atoms with van der Waals surface area (Å²) in [6, 6.07) is 6.18. The number of carbonyl (C=O) groups excluding carboxylic acids is 2. The van der Waals surface area contributed by atoms with Gasteiger partial charge in [-0.1, -0.05) is 11.3 Å². The molecule has 0 unspecified atom stereocenters. The van der Waals surface area contributed by atoms with Crippen molar-refractivity contribution in [3.8, 4) is 11.3 Å². The highest BCUT2D eigenvalue weighted by Gasteiger charge is 2.31. The molecule has 1 saturated heterocycles. The number of fused-ring (bicyclic) bond motifs is 1. The van der Waals surface area contributed by atoms with Crippen LogP contribution in [0.5, 0.6) is 0 Å². The molecule has 1 fully saturated rings. The molecule has 3 heterocycles. The number of likely N-dealkylation sites (tertiary alicyclic amines) is 1. The molecule has 3 aromatic rings. The summed E-state index contributed by atoms with van der Waals surface area (Å²) in [6.45, 7) is 5.04. The van der Waals surface area contributed by atoms with Gasteiger partial charge in [0.05, 0.1) is 18.2 Å². The molecule has 0 N–H and O–H groups in total. The summed E-state index contributed by atoms with van der Waals surface area (Å²) in [7, 11) is 0. The highest BCUT2D eigenvalue weighted by atomic mass is 32.1. The van der Waals surface area contributed by atoms with E-state index < -0.39 is 0 Å². The van der Waals surface area contributed by atoms with Gasteiger partial charge in [-0.05, 0) is 51.0 Å². The molecule has 2 aromatic heterocycles. The number of aromatic nitrogens is 2. The Labute approximate surface area is 171 Å². The van der Waals surface area contributed by atoms with Crippen LogP contribution in [0.1, 0.15) is 35.1 Å². The molecule has 0 spiro atoms. The van der Waals surface area contributed by atoms with E-state index in [-0.39, 0.29) is 23.6 Å². The zero-order valence-electron chi connectivity index (χ0n) is 16.4. The molecule has 4 rings (SSSR count). The van der Waals surface area contributed by atoms with E-state index in [4.69, 9.17) is 4.74 Å². The normalized spacial score (nSPS) is 16.9. The van der Waals surface area contributed by atoms with Gasteiger partial charge in [0.15, 0.2) is 4.96 Å². The molecule has 8 heteroatoms. The maximum atomic E-state index is 13.2. The van der Waals surface area contributed by atoms with Gasteiger partial charge in [0, 0.05) is 30.5 Å². The third-order valence-electron chi connectivity index (χ3n) is 5.22. The fraction of sp³-hybridized carbons (Fsp3) is 0.381. The first-order valence-corrected chi connectivity index (χ1v) is 10.5. The Kier molecular flexibility index (Phi) is 5.36. The van der Waals surface area contributed by atoms with Gasteiger partial charge >= 0.3 is 5.97 Å². The van der Waals surface area contributed by atoms with Crippen molar-refractivity contribution < 1.29 is 18.7 Å². The summed E-state index contributed by atoms with van der Waals surface area (Å²) in [5, 5.41) is 0. The molecule has 0 bridgehead atoms. The average molecular weight is 415 g/mol. The highest BCUT2D eigenvalue weighted by molar-refractivity contribution is 7.19. The predicted octanol–water partition coefficient (Wildman–Crippen LogP) is 3.93. The first-order chi connectivity index (χ1) is 14.0. The number of amides is 1. The largest absolute Gasteiger partial charge is 0.466 e. The molecule has 1 amide bonds. The smallest absolute Gasteiger partial charge is 0.310 e. The number of carbonyl (C=O) groups is 2. The van der Waals surface area contributed by atoms with E-state index in [1.54, 1.807) is 24.0 Å². The van der Waals surface area contributed by atoms with Crippen molar-refractivity contribution in [3.63, 3.8) is 0 Å². The molecule has 0 radical (unpaired) electrons. The van der Waals surface area contributed by atoms with Crippen LogP contribution in [0.2, 0.25) is 0 Å².